The van der Waals surface area contributed by atoms with Gasteiger partial charge in [-0.15, -0.1) is 12.4 Å². The lowest BCUT2D eigenvalue weighted by Gasteiger charge is -2.36. The highest BCUT2D eigenvalue weighted by Gasteiger charge is 2.27. The maximum absolute atomic E-state index is 10.9. The van der Waals surface area contributed by atoms with Crippen LogP contribution in [0.2, 0.25) is 0 Å². The van der Waals surface area contributed by atoms with Crippen LogP contribution in [0.1, 0.15) is 37.7 Å². The predicted molar refractivity (Wildman–Crippen MR) is 151 cm³/mol. The second kappa shape index (κ2) is 12.0. The molecule has 0 radical (unpaired) electrons. The van der Waals surface area contributed by atoms with E-state index in [2.05, 4.69) is 60.4 Å². The summed E-state index contributed by atoms with van der Waals surface area (Å²) in [4.78, 5) is 13.2. The van der Waals surface area contributed by atoms with Crippen molar-refractivity contribution in [3.05, 3.63) is 96.6 Å². The monoisotopic (exact) mass is 517 g/mol. The Morgan fingerprint density at radius 3 is 2.65 bits per heavy atom. The Labute approximate surface area is 224 Å². The van der Waals surface area contributed by atoms with Crippen molar-refractivity contribution in [3.63, 3.8) is 0 Å². The highest BCUT2D eigenvalue weighted by atomic mass is 35.5. The number of hydrogen-bond acceptors (Lipinski definition) is 4. The number of anilines is 2. The van der Waals surface area contributed by atoms with Crippen LogP contribution < -0.4 is 14.4 Å². The molecule has 5 nitrogen and oxygen atoms in total. The Bertz CT molecular complexity index is 1350. The highest BCUT2D eigenvalue weighted by Crippen LogP contribution is 2.40. The van der Waals surface area contributed by atoms with Crippen LogP contribution in [0.5, 0.6) is 11.5 Å². The smallest absolute Gasteiger partial charge is 0.341 e. The van der Waals surface area contributed by atoms with Gasteiger partial charge < -0.3 is 19.5 Å². The number of nitrogens with zero attached hydrogens (tertiary/aromatic N) is 1. The number of carbonyl (C=O) groups is 1. The summed E-state index contributed by atoms with van der Waals surface area (Å²) >= 11 is 0. The molecular formula is C31H32ClNO4. The number of ether oxygens (including phenoxy) is 2. The molecule has 6 heteroatoms. The van der Waals surface area contributed by atoms with Gasteiger partial charge in [-0.2, -0.15) is 0 Å². The number of fused-ring (bicyclic) bond motifs is 2. The third-order valence-corrected chi connectivity index (χ3v) is 6.85. The van der Waals surface area contributed by atoms with Crippen molar-refractivity contribution < 1.29 is 19.4 Å². The zero-order valence-electron chi connectivity index (χ0n) is 20.9. The molecule has 1 heterocycles. The molecule has 1 aliphatic rings. The molecule has 2 atom stereocenters. The zero-order chi connectivity index (χ0) is 24.9. The molecule has 0 fully saturated rings. The minimum atomic E-state index is -0.991. The first kappa shape index (κ1) is 26.4. The fourth-order valence-electron chi connectivity index (χ4n) is 5.07. The summed E-state index contributed by atoms with van der Waals surface area (Å²) in [6, 6.07) is 30.8. The van der Waals surface area contributed by atoms with Crippen molar-refractivity contribution >= 4 is 40.5 Å². The van der Waals surface area contributed by atoms with Crippen molar-refractivity contribution in [2.75, 3.05) is 18.1 Å². The zero-order valence-corrected chi connectivity index (χ0v) is 21.7. The Morgan fingerprint density at radius 1 is 1.03 bits per heavy atom. The van der Waals surface area contributed by atoms with Crippen LogP contribution in [-0.4, -0.2) is 30.3 Å². The fraction of sp³-hybridized carbons (Fsp3) is 0.258. The minimum absolute atomic E-state index is 0. The Hall–Kier alpha value is -3.70. The van der Waals surface area contributed by atoms with E-state index in [1.807, 2.05) is 36.4 Å². The Balaban J connectivity index is 0.00000320. The van der Waals surface area contributed by atoms with Gasteiger partial charge in [-0.25, -0.2) is 4.79 Å². The van der Waals surface area contributed by atoms with E-state index in [-0.39, 0.29) is 25.1 Å². The van der Waals surface area contributed by atoms with E-state index in [1.165, 1.54) is 16.3 Å². The van der Waals surface area contributed by atoms with Crippen LogP contribution in [-0.2, 0) is 4.79 Å². The highest BCUT2D eigenvalue weighted by molar-refractivity contribution is 5.86. The fourth-order valence-corrected chi connectivity index (χ4v) is 5.07. The number of para-hydroxylation sites is 2. The minimum Gasteiger partial charge on any atom is -0.486 e. The molecule has 0 aliphatic carbocycles. The van der Waals surface area contributed by atoms with Gasteiger partial charge in [0.1, 0.15) is 17.6 Å². The summed E-state index contributed by atoms with van der Waals surface area (Å²) in [6.45, 7) is 2.68. The number of rotatable bonds is 9. The molecule has 4 aromatic carbocycles. The largest absolute Gasteiger partial charge is 0.486 e. The molecule has 0 saturated heterocycles. The quantitative estimate of drug-likeness (QED) is 0.248. The predicted octanol–water partition coefficient (Wildman–Crippen LogP) is 7.60. The Kier molecular flexibility index (Phi) is 8.57. The standard InChI is InChI=1S/C31H31NO4.ClH/c1-22(27-16-7-11-23-10-2-3-15-28(23)27)9-6-14-26-20-32(29-17-4-5-18-30(29)36-26)24-12-8-13-25(19-24)35-21-31(33)34;/h2-5,7-8,10-13,15-19,22,26H,6,9,14,20-21H2,1H3,(H,33,34);1H/t22-,26?;/m0./s1. The van der Waals surface area contributed by atoms with Crippen LogP contribution in [0.3, 0.4) is 0 Å². The van der Waals surface area contributed by atoms with E-state index in [0.29, 0.717) is 11.7 Å². The van der Waals surface area contributed by atoms with Gasteiger partial charge in [0.2, 0.25) is 0 Å². The molecule has 5 rings (SSSR count). The number of benzene rings is 4. The third kappa shape index (κ3) is 6.17. The number of aliphatic carboxylic acids is 1. The second-order valence-corrected chi connectivity index (χ2v) is 9.40. The van der Waals surface area contributed by atoms with Crippen molar-refractivity contribution in [1.29, 1.82) is 0 Å². The van der Waals surface area contributed by atoms with E-state index < -0.39 is 5.97 Å². The lowest BCUT2D eigenvalue weighted by molar-refractivity contribution is -0.139. The molecule has 0 spiro atoms. The van der Waals surface area contributed by atoms with Crippen LogP contribution in [0.4, 0.5) is 11.4 Å². The molecule has 0 saturated carbocycles. The average molecular weight is 518 g/mol. The van der Waals surface area contributed by atoms with Crippen LogP contribution in [0.25, 0.3) is 10.8 Å². The summed E-state index contributed by atoms with van der Waals surface area (Å²) in [7, 11) is 0. The third-order valence-electron chi connectivity index (χ3n) is 6.85. The summed E-state index contributed by atoms with van der Waals surface area (Å²) in [5.74, 6) is 0.883. The van der Waals surface area contributed by atoms with Gasteiger partial charge in [0.05, 0.1) is 12.2 Å². The number of carboxylic acids is 1. The first-order chi connectivity index (χ1) is 17.6. The number of halogens is 1. The van der Waals surface area contributed by atoms with E-state index in [4.69, 9.17) is 14.6 Å². The normalized spacial score (nSPS) is 15.3. The summed E-state index contributed by atoms with van der Waals surface area (Å²) in [5, 5.41) is 11.6. The van der Waals surface area contributed by atoms with Crippen molar-refractivity contribution in [2.45, 2.75) is 38.2 Å². The van der Waals surface area contributed by atoms with Crippen LogP contribution in [0.15, 0.2) is 91.0 Å². The molecule has 4 aromatic rings. The van der Waals surface area contributed by atoms with Crippen LogP contribution >= 0.6 is 12.4 Å². The topological polar surface area (TPSA) is 59.0 Å². The van der Waals surface area contributed by atoms with Crippen molar-refractivity contribution in [3.8, 4) is 11.5 Å². The maximum atomic E-state index is 10.9. The summed E-state index contributed by atoms with van der Waals surface area (Å²) < 4.78 is 11.8. The van der Waals surface area contributed by atoms with Gasteiger partial charge in [0.25, 0.3) is 0 Å². The molecular weight excluding hydrogens is 486 g/mol. The van der Waals surface area contributed by atoms with Crippen LogP contribution in [0, 0.1) is 0 Å². The van der Waals surface area contributed by atoms with Gasteiger partial charge in [-0.1, -0.05) is 67.6 Å². The van der Waals surface area contributed by atoms with Crippen molar-refractivity contribution in [1.82, 2.24) is 0 Å². The van der Waals surface area contributed by atoms with E-state index in [9.17, 15) is 4.79 Å². The van der Waals surface area contributed by atoms with Gasteiger partial charge in [0, 0.05) is 11.8 Å². The van der Waals surface area contributed by atoms with Gasteiger partial charge in [-0.3, -0.25) is 0 Å². The molecule has 1 N–H and O–H groups in total. The van der Waals surface area contributed by atoms with E-state index in [0.717, 1.165) is 42.9 Å². The lowest BCUT2D eigenvalue weighted by atomic mass is 9.90. The van der Waals surface area contributed by atoms with Crippen molar-refractivity contribution in [2.24, 2.45) is 0 Å². The van der Waals surface area contributed by atoms with Gasteiger partial charge >= 0.3 is 5.97 Å². The first-order valence-electron chi connectivity index (χ1n) is 12.5. The molecule has 0 amide bonds. The molecule has 0 aromatic heterocycles. The molecule has 192 valence electrons. The Morgan fingerprint density at radius 2 is 1.78 bits per heavy atom. The first-order valence-corrected chi connectivity index (χ1v) is 12.5. The maximum Gasteiger partial charge on any atom is 0.341 e. The summed E-state index contributed by atoms with van der Waals surface area (Å²) in [5.41, 5.74) is 3.37. The molecule has 37 heavy (non-hydrogen) atoms. The van der Waals surface area contributed by atoms with E-state index in [1.54, 1.807) is 6.07 Å². The average Bonchev–Trinajstić information content (AvgIpc) is 2.91. The molecule has 1 aliphatic heterocycles. The molecule has 0 bridgehead atoms. The van der Waals surface area contributed by atoms with Gasteiger partial charge in [-0.05, 0) is 65.8 Å². The number of carboxylic acid groups (broad SMARTS) is 1. The lowest BCUT2D eigenvalue weighted by Crippen LogP contribution is -2.37. The number of hydrogen-bond donors (Lipinski definition) is 1. The summed E-state index contributed by atoms with van der Waals surface area (Å²) in [6.07, 6.45) is 3.17. The van der Waals surface area contributed by atoms with E-state index >= 15 is 0 Å². The SMILES string of the molecule is C[C@@H](CCCC1CN(c2cccc(OCC(=O)O)c2)c2ccccc2O1)c1cccc2ccccc12.Cl. The molecule has 1 unspecified atom stereocenters. The second-order valence-electron chi connectivity index (χ2n) is 9.40. The van der Waals surface area contributed by atoms with Gasteiger partial charge in [0.15, 0.2) is 6.61 Å².